The third-order valence-corrected chi connectivity index (χ3v) is 62.8. The molecule has 0 radical (unpaired) electrons. The van der Waals surface area contributed by atoms with Crippen LogP contribution in [0.4, 0.5) is 0 Å². The summed E-state index contributed by atoms with van der Waals surface area (Å²) in [7, 11) is 16.9. The van der Waals surface area contributed by atoms with Gasteiger partial charge in [0.1, 0.15) is 0 Å². The zero-order valence-electron chi connectivity index (χ0n) is 27.4. The maximum absolute atomic E-state index is 8.47. The van der Waals surface area contributed by atoms with Gasteiger partial charge in [0.05, 0.1) is 0 Å². The van der Waals surface area contributed by atoms with E-state index in [1.54, 1.807) is 0 Å². The molecule has 2 unspecified atom stereocenters. The minimum atomic E-state index is -4.71. The van der Waals surface area contributed by atoms with Gasteiger partial charge < -0.3 is 0 Å². The zero-order valence-corrected chi connectivity index (χ0v) is 32.5. The van der Waals surface area contributed by atoms with Gasteiger partial charge in [-0.15, -0.1) is 0 Å². The first-order chi connectivity index (χ1) is 20.8. The molecule has 2 aliphatic carbocycles. The van der Waals surface area contributed by atoms with E-state index in [1.165, 1.54) is 66.8 Å². The number of fused-ring (bicyclic) bond motifs is 2. The van der Waals surface area contributed by atoms with Gasteiger partial charge in [0.15, 0.2) is 0 Å². The van der Waals surface area contributed by atoms with Crippen molar-refractivity contribution in [2.24, 2.45) is 0 Å². The summed E-state index contributed by atoms with van der Waals surface area (Å²) in [6.45, 7) is 18.5. The van der Waals surface area contributed by atoms with Crippen molar-refractivity contribution >= 4 is 35.1 Å². The molecular weight excluding hydrogens is 671 g/mol. The van der Waals surface area contributed by atoms with E-state index in [0.29, 0.717) is 11.8 Å². The molecule has 0 bridgehead atoms. The van der Waals surface area contributed by atoms with Crippen molar-refractivity contribution < 1.29 is 15.6 Å². The second kappa shape index (κ2) is 11.7. The van der Waals surface area contributed by atoms with Gasteiger partial charge in [0.2, 0.25) is 0 Å². The van der Waals surface area contributed by atoms with Crippen LogP contribution in [0.3, 0.4) is 0 Å². The molecule has 4 heteroatoms. The third-order valence-electron chi connectivity index (χ3n) is 10.5. The molecule has 0 aliphatic heterocycles. The van der Waals surface area contributed by atoms with Gasteiger partial charge in [-0.05, 0) is 0 Å². The fraction of sp³-hybridized carbons (Fsp3) is 0.300. The van der Waals surface area contributed by atoms with Crippen molar-refractivity contribution in [1.29, 1.82) is 0 Å². The fourth-order valence-electron chi connectivity index (χ4n) is 8.04. The summed E-state index contributed by atoms with van der Waals surface area (Å²) >= 11 is -4.71. The summed E-state index contributed by atoms with van der Waals surface area (Å²) < 4.78 is 0.198. The summed E-state index contributed by atoms with van der Waals surface area (Å²) in [5.41, 5.74) is 15.8. The molecule has 2 atom stereocenters. The summed E-state index contributed by atoms with van der Waals surface area (Å²) in [6.07, 6.45) is 4.82. The first-order valence-corrected chi connectivity index (χ1v) is 32.5. The van der Waals surface area contributed by atoms with E-state index in [4.69, 9.17) is 17.0 Å². The molecule has 0 aromatic heterocycles. The molecule has 0 heterocycles. The van der Waals surface area contributed by atoms with E-state index in [9.17, 15) is 0 Å². The predicted molar refractivity (Wildman–Crippen MR) is 195 cm³/mol. The number of hydrogen-bond donors (Lipinski definition) is 0. The van der Waals surface area contributed by atoms with Crippen molar-refractivity contribution in [1.82, 2.24) is 0 Å². The molecule has 44 heavy (non-hydrogen) atoms. The van der Waals surface area contributed by atoms with Crippen LogP contribution in [0.5, 0.6) is 0 Å². The number of rotatable bonds is 7. The first-order valence-electron chi connectivity index (χ1n) is 16.2. The molecule has 6 rings (SSSR count). The summed E-state index contributed by atoms with van der Waals surface area (Å²) in [5.74, 6) is -0.614. The molecule has 0 N–H and O–H groups in total. The molecule has 0 spiro atoms. The van der Waals surface area contributed by atoms with Gasteiger partial charge in [0.25, 0.3) is 0 Å². The number of halogens is 2. The topological polar surface area (TPSA) is 0 Å². The predicted octanol–water partition coefficient (Wildman–Crippen LogP) is 12.9. The van der Waals surface area contributed by atoms with Crippen LogP contribution in [0.2, 0.25) is 13.1 Å². The van der Waals surface area contributed by atoms with Crippen molar-refractivity contribution in [3.8, 4) is 22.3 Å². The molecule has 0 fully saturated rings. The van der Waals surface area contributed by atoms with Crippen molar-refractivity contribution in [3.63, 3.8) is 0 Å². The van der Waals surface area contributed by atoms with Crippen LogP contribution in [0.25, 0.3) is 34.4 Å². The third kappa shape index (κ3) is 5.04. The molecule has 0 saturated carbocycles. The molecule has 2 aliphatic rings. The Morgan fingerprint density at radius 1 is 0.591 bits per heavy atom. The molecule has 4 aromatic rings. The van der Waals surface area contributed by atoms with Crippen LogP contribution < -0.4 is 0 Å². The molecule has 227 valence electrons. The summed E-state index contributed by atoms with van der Waals surface area (Å²) in [5, 5.41) is 0. The zero-order chi connectivity index (χ0) is 31.6. The van der Waals surface area contributed by atoms with Crippen LogP contribution in [-0.4, -0.2) is 5.92 Å². The first kappa shape index (κ1) is 32.0. The Balaban J connectivity index is 1.52. The number of benzene rings is 4. The van der Waals surface area contributed by atoms with E-state index in [-0.39, 0.29) is 7.25 Å². The van der Waals surface area contributed by atoms with E-state index in [2.05, 4.69) is 152 Å². The van der Waals surface area contributed by atoms with Crippen molar-refractivity contribution in [3.05, 3.63) is 129 Å². The molecule has 0 amide bonds. The second-order valence-corrected chi connectivity index (χ2v) is 56.7. The Hall–Kier alpha value is -1.96. The Labute approximate surface area is 274 Å². The van der Waals surface area contributed by atoms with Crippen LogP contribution in [-0.2, 0) is 15.6 Å². The second-order valence-electron chi connectivity index (χ2n) is 14.2. The van der Waals surface area contributed by atoms with Gasteiger partial charge in [-0.3, -0.25) is 0 Å². The van der Waals surface area contributed by atoms with Crippen LogP contribution in [0.15, 0.2) is 96.1 Å². The monoisotopic (exact) mass is 713 g/mol. The fourth-order valence-corrected chi connectivity index (χ4v) is 41.0. The average Bonchev–Trinajstić information content (AvgIpc) is 3.53. The molecule has 0 saturated heterocycles. The van der Waals surface area contributed by atoms with Gasteiger partial charge in [-0.25, -0.2) is 0 Å². The van der Waals surface area contributed by atoms with Gasteiger partial charge in [-0.1, -0.05) is 0 Å². The summed E-state index contributed by atoms with van der Waals surface area (Å²) in [6, 6.07) is 31.7. The van der Waals surface area contributed by atoms with E-state index < -0.39 is 21.5 Å². The molecular formula is C40H45Cl2SiZr. The SMILES string of the molecule is CC1=Cc2c(-c3cccc(C(C)C)c3)cccc2[CH]1[Zr]([Cl])([Cl])([CH]1C(C)=Cc2c(-c3cccc(C(C)C)c3)cccc21)[SiH](C)C. The standard InChI is InChI=1S/2C19H19.C2H7Si.2ClH.Zr/c2*1-13(2)15-6-4-7-17(12-15)18-9-5-8-16-10-14(3)11-19(16)18;1-3-2;;;/h2*4-13H,1-3H3;3H,1-2H3;2*1H;/q;;;;;+2/p-2. The summed E-state index contributed by atoms with van der Waals surface area (Å²) in [4.78, 5) is 0. The van der Waals surface area contributed by atoms with Gasteiger partial charge in [0, 0.05) is 0 Å². The normalized spacial score (nSPS) is 18.7. The Bertz CT molecular complexity index is 1700. The molecule has 0 nitrogen and oxygen atoms in total. The minimum absolute atomic E-state index is 0.0990. The number of allylic oxidation sites excluding steroid dienone is 2. The van der Waals surface area contributed by atoms with Gasteiger partial charge in [-0.2, -0.15) is 0 Å². The van der Waals surface area contributed by atoms with Crippen LogP contribution >= 0.6 is 17.0 Å². The van der Waals surface area contributed by atoms with Gasteiger partial charge >= 0.3 is 276 Å². The van der Waals surface area contributed by atoms with E-state index in [1.807, 2.05) is 0 Å². The maximum atomic E-state index is 8.47. The van der Waals surface area contributed by atoms with E-state index in [0.717, 1.165) is 0 Å². The van der Waals surface area contributed by atoms with Crippen LogP contribution in [0, 0.1) is 0 Å². The number of hydrogen-bond acceptors (Lipinski definition) is 0. The van der Waals surface area contributed by atoms with E-state index >= 15 is 0 Å². The Morgan fingerprint density at radius 3 is 1.34 bits per heavy atom. The average molecular weight is 716 g/mol. The van der Waals surface area contributed by atoms with Crippen LogP contribution in [0.1, 0.15) is 94.0 Å². The quantitative estimate of drug-likeness (QED) is 0.167. The van der Waals surface area contributed by atoms with Crippen molar-refractivity contribution in [2.75, 3.05) is 0 Å². The van der Waals surface area contributed by atoms with Crippen molar-refractivity contribution in [2.45, 2.75) is 73.7 Å². The molecule has 4 aromatic carbocycles. The Morgan fingerprint density at radius 2 is 0.977 bits per heavy atom. The Kier molecular flexibility index (Phi) is 8.50.